The molecule has 0 spiro atoms. The minimum absolute atomic E-state index is 0.306. The lowest BCUT2D eigenvalue weighted by atomic mass is 10.1. The molecule has 0 aliphatic carbocycles. The van der Waals surface area contributed by atoms with E-state index in [2.05, 4.69) is 4.74 Å². The second-order valence-corrected chi connectivity index (χ2v) is 3.13. The molecule has 0 fully saturated rings. The van der Waals surface area contributed by atoms with Crippen molar-refractivity contribution in [2.75, 3.05) is 0 Å². The van der Waals surface area contributed by atoms with Crippen LogP contribution in [0.4, 0.5) is 13.2 Å². The van der Waals surface area contributed by atoms with Crippen LogP contribution in [0.2, 0.25) is 0 Å². The van der Waals surface area contributed by atoms with E-state index in [9.17, 15) is 18.0 Å². The Morgan fingerprint density at radius 2 is 2.06 bits per heavy atom. The summed E-state index contributed by atoms with van der Waals surface area (Å²) in [5, 5.41) is 0. The largest absolute Gasteiger partial charge is 0.573 e. The van der Waals surface area contributed by atoms with E-state index in [-0.39, 0.29) is 5.75 Å². The van der Waals surface area contributed by atoms with E-state index in [0.29, 0.717) is 17.4 Å². The van der Waals surface area contributed by atoms with E-state index in [4.69, 9.17) is 0 Å². The average molecular weight is 230 g/mol. The number of carbonyl (C=O) groups excluding carboxylic acids is 1. The maximum atomic E-state index is 11.9. The predicted octanol–water partition coefficient (Wildman–Crippen LogP) is 3.19. The first-order chi connectivity index (χ1) is 7.40. The summed E-state index contributed by atoms with van der Waals surface area (Å²) in [5.41, 5.74) is 0.899. The maximum Gasteiger partial charge on any atom is 0.573 e. The summed E-state index contributed by atoms with van der Waals surface area (Å²) in [6.45, 7) is 1.56. The molecule has 0 unspecified atom stereocenters. The number of allylic oxidation sites excluding steroid dienone is 1. The number of alkyl halides is 3. The molecule has 1 aromatic rings. The molecule has 86 valence electrons. The van der Waals surface area contributed by atoms with Crippen molar-refractivity contribution >= 4 is 12.4 Å². The first-order valence-electron chi connectivity index (χ1n) is 4.40. The summed E-state index contributed by atoms with van der Waals surface area (Å²) in [6.07, 6.45) is -2.62. The van der Waals surface area contributed by atoms with Gasteiger partial charge in [-0.15, -0.1) is 13.2 Å². The van der Waals surface area contributed by atoms with Gasteiger partial charge in [0.2, 0.25) is 0 Å². The molecule has 1 aromatic carbocycles. The molecular formula is C11H9F3O2. The van der Waals surface area contributed by atoms with Gasteiger partial charge in [-0.25, -0.2) is 0 Å². The number of benzene rings is 1. The van der Waals surface area contributed by atoms with Gasteiger partial charge < -0.3 is 4.74 Å². The Morgan fingerprint density at radius 1 is 1.38 bits per heavy atom. The van der Waals surface area contributed by atoms with Gasteiger partial charge in [0.25, 0.3) is 0 Å². The second kappa shape index (κ2) is 4.83. The Bertz CT molecular complexity index is 408. The van der Waals surface area contributed by atoms with Crippen LogP contribution in [0.3, 0.4) is 0 Å². The van der Waals surface area contributed by atoms with Gasteiger partial charge in [-0.3, -0.25) is 4.79 Å². The van der Waals surface area contributed by atoms with Crippen LogP contribution in [0.15, 0.2) is 29.8 Å². The molecule has 0 amide bonds. The normalized spacial score (nSPS) is 12.4. The lowest BCUT2D eigenvalue weighted by Crippen LogP contribution is -2.17. The third-order valence-electron chi connectivity index (χ3n) is 1.67. The minimum Gasteiger partial charge on any atom is -0.406 e. The van der Waals surface area contributed by atoms with Crippen molar-refractivity contribution in [3.8, 4) is 5.75 Å². The Morgan fingerprint density at radius 3 is 2.62 bits per heavy atom. The topological polar surface area (TPSA) is 26.3 Å². The number of hydrogen-bond acceptors (Lipinski definition) is 2. The van der Waals surface area contributed by atoms with Crippen molar-refractivity contribution in [1.29, 1.82) is 0 Å². The summed E-state index contributed by atoms with van der Waals surface area (Å²) in [5.74, 6) is -0.306. The fourth-order valence-corrected chi connectivity index (χ4v) is 1.10. The number of carbonyl (C=O) groups is 1. The highest BCUT2D eigenvalue weighted by molar-refractivity contribution is 5.80. The molecule has 0 aliphatic rings. The fourth-order valence-electron chi connectivity index (χ4n) is 1.10. The van der Waals surface area contributed by atoms with Crippen molar-refractivity contribution in [3.63, 3.8) is 0 Å². The quantitative estimate of drug-likeness (QED) is 0.588. The minimum atomic E-state index is -4.71. The zero-order valence-electron chi connectivity index (χ0n) is 8.41. The highest BCUT2D eigenvalue weighted by atomic mass is 19.4. The van der Waals surface area contributed by atoms with Gasteiger partial charge in [0.05, 0.1) is 0 Å². The highest BCUT2D eigenvalue weighted by Crippen LogP contribution is 2.23. The molecule has 16 heavy (non-hydrogen) atoms. The predicted molar refractivity (Wildman–Crippen MR) is 52.8 cm³/mol. The lowest BCUT2D eigenvalue weighted by Gasteiger charge is -2.08. The van der Waals surface area contributed by atoms with Crippen LogP contribution in [0.5, 0.6) is 5.75 Å². The number of aldehydes is 1. The van der Waals surface area contributed by atoms with Gasteiger partial charge in [-0.05, 0) is 36.3 Å². The van der Waals surface area contributed by atoms with E-state index in [0.717, 1.165) is 0 Å². The van der Waals surface area contributed by atoms with E-state index < -0.39 is 6.36 Å². The highest BCUT2D eigenvalue weighted by Gasteiger charge is 2.30. The monoisotopic (exact) mass is 230 g/mol. The average Bonchev–Trinajstić information content (AvgIpc) is 2.15. The van der Waals surface area contributed by atoms with Crippen LogP contribution < -0.4 is 4.74 Å². The zero-order valence-corrected chi connectivity index (χ0v) is 8.41. The summed E-state index contributed by atoms with van der Waals surface area (Å²) in [7, 11) is 0. The van der Waals surface area contributed by atoms with Crippen LogP contribution in [0.25, 0.3) is 6.08 Å². The van der Waals surface area contributed by atoms with Crippen LogP contribution in [-0.4, -0.2) is 12.6 Å². The van der Waals surface area contributed by atoms with E-state index in [1.807, 2.05) is 0 Å². The van der Waals surface area contributed by atoms with Gasteiger partial charge in [0, 0.05) is 0 Å². The van der Waals surface area contributed by atoms with E-state index in [1.54, 1.807) is 13.0 Å². The SMILES string of the molecule is C/C(C=O)=C/c1cccc(OC(F)(F)F)c1. The van der Waals surface area contributed by atoms with Gasteiger partial charge in [0.1, 0.15) is 12.0 Å². The number of rotatable bonds is 3. The van der Waals surface area contributed by atoms with Crippen LogP contribution in [-0.2, 0) is 4.79 Å². The Kier molecular flexibility index (Phi) is 3.71. The van der Waals surface area contributed by atoms with Gasteiger partial charge in [-0.2, -0.15) is 0 Å². The Hall–Kier alpha value is -1.78. The van der Waals surface area contributed by atoms with E-state index in [1.165, 1.54) is 24.3 Å². The van der Waals surface area contributed by atoms with Gasteiger partial charge >= 0.3 is 6.36 Å². The molecule has 0 aliphatic heterocycles. The maximum absolute atomic E-state index is 11.9. The number of halogens is 3. The van der Waals surface area contributed by atoms with Crippen LogP contribution >= 0.6 is 0 Å². The van der Waals surface area contributed by atoms with Crippen molar-refractivity contribution in [3.05, 3.63) is 35.4 Å². The molecule has 0 N–H and O–H groups in total. The summed E-state index contributed by atoms with van der Waals surface area (Å²) in [4.78, 5) is 10.3. The summed E-state index contributed by atoms with van der Waals surface area (Å²) >= 11 is 0. The summed E-state index contributed by atoms with van der Waals surface area (Å²) in [6, 6.07) is 5.41. The Labute approximate surface area is 90.3 Å². The second-order valence-electron chi connectivity index (χ2n) is 3.13. The molecule has 2 nitrogen and oxygen atoms in total. The number of hydrogen-bond donors (Lipinski definition) is 0. The smallest absolute Gasteiger partial charge is 0.406 e. The molecule has 0 saturated heterocycles. The third-order valence-corrected chi connectivity index (χ3v) is 1.67. The first kappa shape index (κ1) is 12.3. The first-order valence-corrected chi connectivity index (χ1v) is 4.40. The van der Waals surface area contributed by atoms with Crippen LogP contribution in [0, 0.1) is 0 Å². The molecule has 0 atom stereocenters. The molecule has 0 radical (unpaired) electrons. The van der Waals surface area contributed by atoms with Crippen LogP contribution in [0.1, 0.15) is 12.5 Å². The molecule has 0 saturated carbocycles. The standard InChI is InChI=1S/C11H9F3O2/c1-8(7-15)5-9-3-2-4-10(6-9)16-11(12,13)14/h2-7H,1H3/b8-5-. The molecule has 5 heteroatoms. The molecular weight excluding hydrogens is 221 g/mol. The molecule has 0 heterocycles. The van der Waals surface area contributed by atoms with Gasteiger partial charge in [-0.1, -0.05) is 12.1 Å². The third kappa shape index (κ3) is 4.16. The zero-order chi connectivity index (χ0) is 12.2. The molecule has 0 aromatic heterocycles. The molecule has 0 bridgehead atoms. The fraction of sp³-hybridized carbons (Fsp3) is 0.182. The van der Waals surface area contributed by atoms with Crippen molar-refractivity contribution < 1.29 is 22.7 Å². The molecule has 1 rings (SSSR count). The number of ether oxygens (including phenoxy) is 1. The van der Waals surface area contributed by atoms with E-state index >= 15 is 0 Å². The van der Waals surface area contributed by atoms with Crippen molar-refractivity contribution in [1.82, 2.24) is 0 Å². The van der Waals surface area contributed by atoms with Gasteiger partial charge in [0.15, 0.2) is 0 Å². The lowest BCUT2D eigenvalue weighted by molar-refractivity contribution is -0.274. The Balaban J connectivity index is 2.91. The van der Waals surface area contributed by atoms with Crippen molar-refractivity contribution in [2.45, 2.75) is 13.3 Å². The van der Waals surface area contributed by atoms with Crippen molar-refractivity contribution in [2.24, 2.45) is 0 Å². The summed E-state index contributed by atoms with van der Waals surface area (Å²) < 4.78 is 39.5.